The van der Waals surface area contributed by atoms with Gasteiger partial charge in [-0.05, 0) is 24.6 Å². The summed E-state index contributed by atoms with van der Waals surface area (Å²) in [6, 6.07) is 5.44. The molecule has 1 atom stereocenters. The Hall–Kier alpha value is -3.27. The molecule has 0 saturated heterocycles. The molecule has 10 heteroatoms. The van der Waals surface area contributed by atoms with E-state index in [1.54, 1.807) is 13.1 Å². The van der Waals surface area contributed by atoms with Crippen molar-refractivity contribution in [1.82, 2.24) is 9.55 Å². The summed E-state index contributed by atoms with van der Waals surface area (Å²) in [4.78, 5) is 51.0. The smallest absolute Gasteiger partial charge is 0.329 e. The molecular weight excluding hydrogens is 369 g/mol. The van der Waals surface area contributed by atoms with E-state index in [1.165, 1.54) is 18.2 Å². The van der Waals surface area contributed by atoms with Crippen molar-refractivity contribution in [3.8, 4) is 0 Å². The molecule has 0 aliphatic carbocycles. The van der Waals surface area contributed by atoms with Gasteiger partial charge in [0.1, 0.15) is 23.7 Å². The standard InChI is InChI=1S/C18H22FN5O4/c1-3-7-24-16(20)15(17(27)22-18(24)28)13(25)9-23(2)10-14(26)21-12-6-4-5-11(19)8-12/h4-6,8H,3,7,9-10,20H2,1-2H3,(H,21,26)(H,22,27,28)/p+1. The van der Waals surface area contributed by atoms with Crippen LogP contribution in [0.1, 0.15) is 23.7 Å². The molecule has 1 amide bonds. The van der Waals surface area contributed by atoms with Gasteiger partial charge in [0, 0.05) is 12.2 Å². The van der Waals surface area contributed by atoms with Crippen LogP contribution in [-0.2, 0) is 11.3 Å². The maximum Gasteiger partial charge on any atom is 0.329 e. The summed E-state index contributed by atoms with van der Waals surface area (Å²) < 4.78 is 14.3. The summed E-state index contributed by atoms with van der Waals surface area (Å²) in [7, 11) is 1.59. The number of amides is 1. The second kappa shape index (κ2) is 9.09. The molecule has 2 aromatic rings. The zero-order valence-electron chi connectivity index (χ0n) is 15.7. The van der Waals surface area contributed by atoms with E-state index >= 15 is 0 Å². The van der Waals surface area contributed by atoms with Gasteiger partial charge in [0.15, 0.2) is 6.54 Å². The van der Waals surface area contributed by atoms with E-state index in [0.29, 0.717) is 17.0 Å². The third kappa shape index (κ3) is 5.13. The Bertz CT molecular complexity index is 998. The van der Waals surface area contributed by atoms with Crippen molar-refractivity contribution in [1.29, 1.82) is 0 Å². The number of aromatic nitrogens is 2. The number of hydrogen-bond acceptors (Lipinski definition) is 5. The minimum absolute atomic E-state index is 0.0886. The van der Waals surface area contributed by atoms with Crippen molar-refractivity contribution in [3.63, 3.8) is 0 Å². The number of anilines is 2. The van der Waals surface area contributed by atoms with Crippen molar-refractivity contribution in [3.05, 3.63) is 56.5 Å². The third-order valence-corrected chi connectivity index (χ3v) is 4.00. The van der Waals surface area contributed by atoms with Gasteiger partial charge in [-0.15, -0.1) is 0 Å². The Morgan fingerprint density at radius 3 is 2.64 bits per heavy atom. The summed E-state index contributed by atoms with van der Waals surface area (Å²) in [6.45, 7) is 1.82. The Balaban J connectivity index is 2.08. The second-order valence-corrected chi connectivity index (χ2v) is 6.46. The van der Waals surface area contributed by atoms with E-state index in [-0.39, 0.29) is 31.0 Å². The normalized spacial score (nSPS) is 11.8. The highest BCUT2D eigenvalue weighted by molar-refractivity contribution is 6.00. The minimum Gasteiger partial charge on any atom is -0.384 e. The van der Waals surface area contributed by atoms with Crippen LogP contribution in [-0.4, -0.2) is 41.4 Å². The lowest BCUT2D eigenvalue weighted by molar-refractivity contribution is -0.861. The number of rotatable bonds is 8. The maximum absolute atomic E-state index is 13.2. The number of aromatic amines is 1. The number of nitrogens with two attached hydrogens (primary N) is 1. The van der Waals surface area contributed by atoms with Crippen LogP contribution in [0.15, 0.2) is 33.9 Å². The molecule has 1 heterocycles. The maximum atomic E-state index is 13.2. The van der Waals surface area contributed by atoms with Gasteiger partial charge in [0.25, 0.3) is 11.5 Å². The number of nitrogen functional groups attached to an aromatic ring is 1. The van der Waals surface area contributed by atoms with Crippen LogP contribution in [0.4, 0.5) is 15.9 Å². The van der Waals surface area contributed by atoms with Gasteiger partial charge in [0.05, 0.1) is 7.05 Å². The average Bonchev–Trinajstić information content (AvgIpc) is 2.58. The van der Waals surface area contributed by atoms with Crippen LogP contribution in [0.3, 0.4) is 0 Å². The predicted octanol–water partition coefficient (Wildman–Crippen LogP) is -0.996. The third-order valence-electron chi connectivity index (χ3n) is 4.00. The molecule has 150 valence electrons. The van der Waals surface area contributed by atoms with Gasteiger partial charge in [-0.25, -0.2) is 9.18 Å². The van der Waals surface area contributed by atoms with E-state index < -0.39 is 28.8 Å². The summed E-state index contributed by atoms with van der Waals surface area (Å²) in [5.41, 5.74) is 4.35. The fraction of sp³-hybridized carbons (Fsp3) is 0.333. The number of H-pyrrole nitrogens is 1. The fourth-order valence-electron chi connectivity index (χ4n) is 2.77. The van der Waals surface area contributed by atoms with Gasteiger partial charge >= 0.3 is 5.69 Å². The average molecular weight is 392 g/mol. The number of nitrogens with one attached hydrogen (secondary N) is 3. The number of likely N-dealkylation sites (N-methyl/N-ethyl adjacent to an activating group) is 1. The molecule has 1 aromatic carbocycles. The Morgan fingerprint density at radius 2 is 2.00 bits per heavy atom. The van der Waals surface area contributed by atoms with Crippen molar-refractivity contribution in [2.75, 3.05) is 31.2 Å². The predicted molar refractivity (Wildman–Crippen MR) is 102 cm³/mol. The molecule has 2 rings (SSSR count). The number of benzene rings is 1. The number of Topliss-reactive ketones (excluding diaryl/α,β-unsaturated/α-hetero) is 1. The summed E-state index contributed by atoms with van der Waals surface area (Å²) in [6.07, 6.45) is 0.592. The van der Waals surface area contributed by atoms with E-state index in [2.05, 4.69) is 10.3 Å². The molecule has 0 fully saturated rings. The highest BCUT2D eigenvalue weighted by atomic mass is 19.1. The number of hydrogen-bond donors (Lipinski definition) is 4. The largest absolute Gasteiger partial charge is 0.384 e. The number of nitrogens with zero attached hydrogens (tertiary/aromatic N) is 1. The molecule has 9 nitrogen and oxygen atoms in total. The molecule has 1 unspecified atom stereocenters. The first-order valence-electron chi connectivity index (χ1n) is 8.75. The first-order chi connectivity index (χ1) is 13.2. The van der Waals surface area contributed by atoms with E-state index in [0.717, 1.165) is 4.57 Å². The van der Waals surface area contributed by atoms with E-state index in [1.807, 2.05) is 6.92 Å². The Kier molecular flexibility index (Phi) is 6.83. The molecule has 5 N–H and O–H groups in total. The number of carbonyl (C=O) groups is 2. The molecule has 0 spiro atoms. The topological polar surface area (TPSA) is 131 Å². The highest BCUT2D eigenvalue weighted by Gasteiger charge is 2.23. The lowest BCUT2D eigenvalue weighted by Crippen LogP contribution is -3.11. The van der Waals surface area contributed by atoms with Gasteiger partial charge in [-0.3, -0.25) is 23.9 Å². The van der Waals surface area contributed by atoms with Gasteiger partial charge in [-0.1, -0.05) is 13.0 Å². The monoisotopic (exact) mass is 392 g/mol. The molecule has 28 heavy (non-hydrogen) atoms. The quantitative estimate of drug-likeness (QED) is 0.428. The lowest BCUT2D eigenvalue weighted by Gasteiger charge is -2.15. The van der Waals surface area contributed by atoms with Crippen LogP contribution in [0, 0.1) is 5.82 Å². The van der Waals surface area contributed by atoms with Crippen LogP contribution >= 0.6 is 0 Å². The summed E-state index contributed by atoms with van der Waals surface area (Å²) in [5.74, 6) is -1.67. The Labute approximate surface area is 160 Å². The molecule has 0 saturated carbocycles. The molecule has 1 aromatic heterocycles. The van der Waals surface area contributed by atoms with Crippen LogP contribution < -0.4 is 27.2 Å². The molecule has 0 aliphatic rings. The molecular formula is C18H23FN5O4+. The first-order valence-corrected chi connectivity index (χ1v) is 8.75. The molecule has 0 bridgehead atoms. The number of ketones is 1. The number of quaternary nitrogens is 1. The van der Waals surface area contributed by atoms with Crippen LogP contribution in [0.25, 0.3) is 0 Å². The van der Waals surface area contributed by atoms with Crippen molar-refractivity contribution in [2.45, 2.75) is 19.9 Å². The SMILES string of the molecule is CCCn1c(N)c(C(=O)C[NH+](C)CC(=O)Nc2cccc(F)c2)c(=O)[nH]c1=O. The number of carbonyl (C=O) groups excluding carboxylic acids is 2. The van der Waals surface area contributed by atoms with Crippen LogP contribution in [0.5, 0.6) is 0 Å². The summed E-state index contributed by atoms with van der Waals surface area (Å²) in [5, 5.41) is 2.53. The van der Waals surface area contributed by atoms with E-state index in [9.17, 15) is 23.6 Å². The number of halogens is 1. The van der Waals surface area contributed by atoms with Gasteiger partial charge in [-0.2, -0.15) is 0 Å². The van der Waals surface area contributed by atoms with Gasteiger partial charge < -0.3 is 16.0 Å². The zero-order valence-corrected chi connectivity index (χ0v) is 15.7. The van der Waals surface area contributed by atoms with Crippen LogP contribution in [0.2, 0.25) is 0 Å². The molecule has 0 radical (unpaired) electrons. The van der Waals surface area contributed by atoms with Gasteiger partial charge in [0.2, 0.25) is 5.78 Å². The lowest BCUT2D eigenvalue weighted by atomic mass is 10.2. The summed E-state index contributed by atoms with van der Waals surface area (Å²) >= 11 is 0. The van der Waals surface area contributed by atoms with Crippen molar-refractivity contribution < 1.29 is 18.9 Å². The first kappa shape index (κ1) is 21.0. The highest BCUT2D eigenvalue weighted by Crippen LogP contribution is 2.08. The fourth-order valence-corrected chi connectivity index (χ4v) is 2.77. The van der Waals surface area contributed by atoms with E-state index in [4.69, 9.17) is 5.73 Å². The van der Waals surface area contributed by atoms with Crippen molar-refractivity contribution >= 4 is 23.2 Å². The minimum atomic E-state index is -0.850. The Morgan fingerprint density at radius 1 is 1.29 bits per heavy atom. The molecule has 0 aliphatic heterocycles. The second-order valence-electron chi connectivity index (χ2n) is 6.46. The van der Waals surface area contributed by atoms with Crippen molar-refractivity contribution in [2.24, 2.45) is 0 Å². The zero-order chi connectivity index (χ0) is 20.8.